The summed E-state index contributed by atoms with van der Waals surface area (Å²) in [7, 11) is 0. The molecule has 2 aromatic rings. The second-order valence-corrected chi connectivity index (χ2v) is 7.56. The Morgan fingerprint density at radius 1 is 1.15 bits per heavy atom. The van der Waals surface area contributed by atoms with Gasteiger partial charge in [0.15, 0.2) is 11.5 Å². The predicted molar refractivity (Wildman–Crippen MR) is 111 cm³/mol. The van der Waals surface area contributed by atoms with Crippen molar-refractivity contribution in [2.45, 2.75) is 13.5 Å². The average Bonchev–Trinajstić information content (AvgIpc) is 2.59. The van der Waals surface area contributed by atoms with Crippen LogP contribution in [0.4, 0.5) is 0 Å². The molecule has 0 saturated carbocycles. The molecule has 8 heteroatoms. The maximum absolute atomic E-state index is 9.87. The number of thiocarbonyl (C=S) groups is 1. The molecule has 0 radical (unpaired) electrons. The fourth-order valence-electron chi connectivity index (χ4n) is 2.10. The quantitative estimate of drug-likeness (QED) is 0.212. The molecule has 0 spiro atoms. The third-order valence-corrected chi connectivity index (χ3v) is 5.36. The summed E-state index contributed by atoms with van der Waals surface area (Å²) in [4.78, 5) is 0.229. The molecule has 0 bridgehead atoms. The third-order valence-electron chi connectivity index (χ3n) is 3.57. The van der Waals surface area contributed by atoms with E-state index >= 15 is 0 Å². The highest BCUT2D eigenvalue weighted by Gasteiger charge is 2.10. The Morgan fingerprint density at radius 2 is 1.85 bits per heavy atom. The summed E-state index contributed by atoms with van der Waals surface area (Å²) in [5, 5.41) is 41.4. The molecular formula is C18H14Br2N2O3S. The Bertz CT molecular complexity index is 906. The van der Waals surface area contributed by atoms with E-state index in [1.807, 2.05) is 12.1 Å². The normalized spacial score (nSPS) is 11.1. The van der Waals surface area contributed by atoms with E-state index in [0.717, 1.165) is 15.6 Å². The lowest BCUT2D eigenvalue weighted by atomic mass is 10.1. The number of phenols is 3. The summed E-state index contributed by atoms with van der Waals surface area (Å²) < 4.78 is 1.08. The number of hydrogen-bond donors (Lipinski definition) is 4. The first-order valence-electron chi connectivity index (χ1n) is 7.32. The van der Waals surface area contributed by atoms with Gasteiger partial charge in [0.2, 0.25) is 0 Å². The van der Waals surface area contributed by atoms with Crippen LogP contribution in [-0.2, 0) is 6.54 Å². The van der Waals surface area contributed by atoms with Crippen LogP contribution in [0, 0.1) is 18.3 Å². The van der Waals surface area contributed by atoms with Gasteiger partial charge in [0.1, 0.15) is 16.8 Å². The van der Waals surface area contributed by atoms with Crippen LogP contribution in [0.25, 0.3) is 6.08 Å². The highest BCUT2D eigenvalue weighted by atomic mass is 79.9. The maximum atomic E-state index is 9.87. The van der Waals surface area contributed by atoms with Gasteiger partial charge in [-0.25, -0.2) is 0 Å². The van der Waals surface area contributed by atoms with Crippen LogP contribution >= 0.6 is 44.1 Å². The molecule has 0 atom stereocenters. The number of benzene rings is 2. The van der Waals surface area contributed by atoms with Gasteiger partial charge < -0.3 is 20.6 Å². The molecule has 5 nitrogen and oxygen atoms in total. The SMILES string of the molecule is Cc1c(O)cc(CNC(=S)/C(C#N)=C/c2cc(O)c(O)c(Br)c2)cc1Br. The first kappa shape index (κ1) is 20.2. The van der Waals surface area contributed by atoms with Gasteiger partial charge in [-0.15, -0.1) is 0 Å². The largest absolute Gasteiger partial charge is 0.508 e. The van der Waals surface area contributed by atoms with Crippen LogP contribution in [0.3, 0.4) is 0 Å². The number of nitrogens with one attached hydrogen (secondary N) is 1. The van der Waals surface area contributed by atoms with Crippen molar-refractivity contribution in [1.82, 2.24) is 5.32 Å². The summed E-state index contributed by atoms with van der Waals surface area (Å²) in [6.07, 6.45) is 1.50. The Labute approximate surface area is 172 Å². The summed E-state index contributed by atoms with van der Waals surface area (Å²) in [6, 6.07) is 8.38. The lowest BCUT2D eigenvalue weighted by Crippen LogP contribution is -2.22. The standard InChI is InChI=1S/C18H14Br2N2O3S/c1-9-13(19)4-11(6-15(9)23)8-22-18(26)12(7-21)2-10-3-14(20)17(25)16(24)5-10/h2-6,23-25H,8H2,1H3,(H,22,26)/b12-2+. The van der Waals surface area contributed by atoms with E-state index in [1.165, 1.54) is 12.1 Å². The highest BCUT2D eigenvalue weighted by Crippen LogP contribution is 2.35. The Balaban J connectivity index is 2.18. The van der Waals surface area contributed by atoms with Crippen LogP contribution < -0.4 is 5.32 Å². The third kappa shape index (κ3) is 4.75. The van der Waals surface area contributed by atoms with Crippen molar-refractivity contribution in [2.75, 3.05) is 0 Å². The van der Waals surface area contributed by atoms with E-state index in [9.17, 15) is 20.6 Å². The van der Waals surface area contributed by atoms with Gasteiger partial charge in [0, 0.05) is 16.6 Å². The predicted octanol–water partition coefficient (Wildman–Crippen LogP) is 4.66. The first-order chi connectivity index (χ1) is 12.2. The van der Waals surface area contributed by atoms with Gasteiger partial charge in [-0.1, -0.05) is 28.1 Å². The van der Waals surface area contributed by atoms with Gasteiger partial charge in [-0.2, -0.15) is 5.26 Å². The molecule has 134 valence electrons. The fourth-order valence-corrected chi connectivity index (χ4v) is 3.24. The van der Waals surface area contributed by atoms with Gasteiger partial charge >= 0.3 is 0 Å². The van der Waals surface area contributed by atoms with Crippen LogP contribution in [0.15, 0.2) is 38.8 Å². The van der Waals surface area contributed by atoms with Crippen LogP contribution in [-0.4, -0.2) is 20.3 Å². The minimum atomic E-state index is -0.304. The summed E-state index contributed by atoms with van der Waals surface area (Å²) in [5.74, 6) is -0.407. The summed E-state index contributed by atoms with van der Waals surface area (Å²) in [6.45, 7) is 2.12. The molecule has 26 heavy (non-hydrogen) atoms. The molecular weight excluding hydrogens is 484 g/mol. The summed E-state index contributed by atoms with van der Waals surface area (Å²) >= 11 is 11.8. The number of nitrogens with zero attached hydrogens (tertiary/aromatic N) is 1. The second kappa shape index (κ2) is 8.54. The highest BCUT2D eigenvalue weighted by molar-refractivity contribution is 9.10. The zero-order valence-electron chi connectivity index (χ0n) is 13.5. The van der Waals surface area contributed by atoms with Gasteiger partial charge in [0.25, 0.3) is 0 Å². The van der Waals surface area contributed by atoms with Crippen molar-refractivity contribution in [3.63, 3.8) is 0 Å². The molecule has 0 aliphatic rings. The van der Waals surface area contributed by atoms with Gasteiger partial charge in [0.05, 0.1) is 10.0 Å². The number of phenolic OH excluding ortho intramolecular Hbond substituents is 3. The molecule has 0 heterocycles. The van der Waals surface area contributed by atoms with Gasteiger partial charge in [-0.3, -0.25) is 0 Å². The van der Waals surface area contributed by atoms with E-state index in [1.54, 1.807) is 19.1 Å². The Kier molecular flexibility index (Phi) is 6.64. The molecule has 0 aromatic heterocycles. The van der Waals surface area contributed by atoms with Crippen molar-refractivity contribution < 1.29 is 15.3 Å². The molecule has 0 unspecified atom stereocenters. The molecule has 0 fully saturated rings. The van der Waals surface area contributed by atoms with Crippen molar-refractivity contribution in [2.24, 2.45) is 0 Å². The minimum Gasteiger partial charge on any atom is -0.508 e. The monoisotopic (exact) mass is 496 g/mol. The van der Waals surface area contributed by atoms with Crippen LogP contribution in [0.1, 0.15) is 16.7 Å². The lowest BCUT2D eigenvalue weighted by Gasteiger charge is -2.10. The van der Waals surface area contributed by atoms with E-state index in [0.29, 0.717) is 16.6 Å². The molecule has 2 rings (SSSR count). The maximum Gasteiger partial charge on any atom is 0.171 e. The molecule has 2 aromatic carbocycles. The molecule has 0 amide bonds. The zero-order valence-corrected chi connectivity index (χ0v) is 17.5. The van der Waals surface area contributed by atoms with Crippen molar-refractivity contribution in [1.29, 1.82) is 5.26 Å². The molecule has 0 saturated heterocycles. The topological polar surface area (TPSA) is 96.5 Å². The Hall–Kier alpha value is -2.08. The molecule has 0 aliphatic heterocycles. The van der Waals surface area contributed by atoms with Crippen molar-refractivity contribution in [3.8, 4) is 23.3 Å². The van der Waals surface area contributed by atoms with E-state index in [4.69, 9.17) is 12.2 Å². The second-order valence-electron chi connectivity index (χ2n) is 5.44. The zero-order chi connectivity index (χ0) is 19.4. The number of halogens is 2. The van der Waals surface area contributed by atoms with Gasteiger partial charge in [-0.05, 0) is 64.3 Å². The molecule has 4 N–H and O–H groups in total. The number of hydrogen-bond acceptors (Lipinski definition) is 5. The van der Waals surface area contributed by atoms with E-state index in [2.05, 4.69) is 37.2 Å². The summed E-state index contributed by atoms with van der Waals surface area (Å²) in [5.41, 5.74) is 2.24. The van der Waals surface area contributed by atoms with Crippen LogP contribution in [0.2, 0.25) is 0 Å². The van der Waals surface area contributed by atoms with Crippen molar-refractivity contribution in [3.05, 3.63) is 55.5 Å². The lowest BCUT2D eigenvalue weighted by molar-refractivity contribution is 0.401. The first-order valence-corrected chi connectivity index (χ1v) is 9.31. The van der Waals surface area contributed by atoms with Crippen molar-refractivity contribution >= 4 is 55.1 Å². The number of nitriles is 1. The smallest absolute Gasteiger partial charge is 0.171 e. The number of rotatable bonds is 4. The fraction of sp³-hybridized carbons (Fsp3) is 0.111. The average molecular weight is 498 g/mol. The van der Waals surface area contributed by atoms with E-state index in [-0.39, 0.29) is 27.8 Å². The molecule has 0 aliphatic carbocycles. The minimum absolute atomic E-state index is 0.169. The van der Waals surface area contributed by atoms with E-state index < -0.39 is 0 Å². The number of aromatic hydroxyl groups is 3. The Morgan fingerprint density at radius 3 is 2.42 bits per heavy atom. The van der Waals surface area contributed by atoms with Crippen LogP contribution in [0.5, 0.6) is 17.2 Å².